The summed E-state index contributed by atoms with van der Waals surface area (Å²) < 4.78 is 5.77. The van der Waals surface area contributed by atoms with Gasteiger partial charge in [-0.05, 0) is 61.1 Å². The van der Waals surface area contributed by atoms with Gasteiger partial charge < -0.3 is 4.74 Å². The van der Waals surface area contributed by atoms with Gasteiger partial charge in [-0.15, -0.1) is 0 Å². The molecule has 0 saturated carbocycles. The van der Waals surface area contributed by atoms with Crippen LogP contribution in [0.15, 0.2) is 66.7 Å². The Morgan fingerprint density at radius 2 is 1.39 bits per heavy atom. The highest BCUT2D eigenvalue weighted by Gasteiger charge is 2.47. The molecule has 0 radical (unpaired) electrons. The summed E-state index contributed by atoms with van der Waals surface area (Å²) in [6, 6.07) is 24.7. The number of fused-ring (bicyclic) bond motifs is 1. The third-order valence-electron chi connectivity index (χ3n) is 5.70. The van der Waals surface area contributed by atoms with E-state index in [0.717, 1.165) is 27.5 Å². The van der Waals surface area contributed by atoms with E-state index >= 15 is 0 Å². The first kappa shape index (κ1) is 22.6. The Bertz CT molecular complexity index is 1130. The summed E-state index contributed by atoms with van der Waals surface area (Å²) in [5.74, 6) is -0.730. The van der Waals surface area contributed by atoms with Crippen LogP contribution in [0.1, 0.15) is 70.1 Å². The van der Waals surface area contributed by atoms with E-state index in [4.69, 9.17) is 4.74 Å². The quantitative estimate of drug-likeness (QED) is 0.425. The first-order chi connectivity index (χ1) is 14.6. The maximum Gasteiger partial charge on any atom is 0.327 e. The highest BCUT2D eigenvalue weighted by molar-refractivity contribution is 5.89. The second-order valence-corrected chi connectivity index (χ2v) is 9.60. The third-order valence-corrected chi connectivity index (χ3v) is 5.70. The molecule has 0 aliphatic rings. The van der Waals surface area contributed by atoms with Crippen molar-refractivity contribution in [1.82, 2.24) is 0 Å². The minimum Gasteiger partial charge on any atom is -0.459 e. The lowest BCUT2D eigenvalue weighted by atomic mass is 9.68. The van der Waals surface area contributed by atoms with Crippen LogP contribution in [0.2, 0.25) is 0 Å². The molecule has 160 valence electrons. The molecule has 0 N–H and O–H groups in total. The maximum absolute atomic E-state index is 13.5. The number of esters is 1. The zero-order chi connectivity index (χ0) is 22.8. The molecule has 0 amide bonds. The Balaban J connectivity index is 2.35. The van der Waals surface area contributed by atoms with E-state index in [0.29, 0.717) is 0 Å². The molecule has 3 rings (SSSR count). The van der Waals surface area contributed by atoms with Crippen LogP contribution >= 0.6 is 0 Å². The van der Waals surface area contributed by atoms with Crippen molar-refractivity contribution in [2.24, 2.45) is 5.41 Å². The van der Waals surface area contributed by atoms with E-state index in [1.165, 1.54) is 0 Å². The van der Waals surface area contributed by atoms with Crippen LogP contribution in [0.5, 0.6) is 0 Å². The van der Waals surface area contributed by atoms with E-state index in [2.05, 4.69) is 44.2 Å². The van der Waals surface area contributed by atoms with Crippen molar-refractivity contribution in [1.29, 1.82) is 5.26 Å². The lowest BCUT2D eigenvalue weighted by Crippen LogP contribution is -2.40. The van der Waals surface area contributed by atoms with Gasteiger partial charge in [-0.2, -0.15) is 5.26 Å². The summed E-state index contributed by atoms with van der Waals surface area (Å²) >= 11 is 0. The zero-order valence-corrected chi connectivity index (χ0v) is 19.3. The molecule has 0 unspecified atom stereocenters. The fraction of sp³-hybridized carbons (Fsp3) is 0.357. The van der Waals surface area contributed by atoms with Gasteiger partial charge in [-0.25, -0.2) is 0 Å². The number of ether oxygens (including phenoxy) is 1. The van der Waals surface area contributed by atoms with Gasteiger partial charge in [0.15, 0.2) is 5.41 Å². The van der Waals surface area contributed by atoms with Crippen LogP contribution in [0.4, 0.5) is 0 Å². The second kappa shape index (κ2) is 8.55. The van der Waals surface area contributed by atoms with Gasteiger partial charge in [0.2, 0.25) is 0 Å². The number of nitriles is 1. The van der Waals surface area contributed by atoms with Crippen molar-refractivity contribution >= 4 is 16.7 Å². The molecule has 0 bridgehead atoms. The fourth-order valence-corrected chi connectivity index (χ4v) is 4.20. The fourth-order valence-electron chi connectivity index (χ4n) is 4.20. The predicted molar refractivity (Wildman–Crippen MR) is 126 cm³/mol. The number of benzene rings is 3. The lowest BCUT2D eigenvalue weighted by Gasteiger charge is -2.35. The van der Waals surface area contributed by atoms with Crippen LogP contribution in [0.3, 0.4) is 0 Å². The average Bonchev–Trinajstić information content (AvgIpc) is 2.73. The van der Waals surface area contributed by atoms with Crippen LogP contribution < -0.4 is 0 Å². The van der Waals surface area contributed by atoms with E-state index in [1.54, 1.807) is 6.92 Å². The molecule has 3 aromatic rings. The second-order valence-electron chi connectivity index (χ2n) is 9.60. The van der Waals surface area contributed by atoms with Gasteiger partial charge in [0.25, 0.3) is 0 Å². The predicted octanol–water partition coefficient (Wildman–Crippen LogP) is 6.97. The molecule has 31 heavy (non-hydrogen) atoms. The first-order valence-electron chi connectivity index (χ1n) is 10.8. The molecule has 0 spiro atoms. The summed E-state index contributed by atoms with van der Waals surface area (Å²) in [4.78, 5) is 13.5. The molecule has 0 aromatic heterocycles. The zero-order valence-electron chi connectivity index (χ0n) is 19.3. The van der Waals surface area contributed by atoms with Gasteiger partial charge >= 0.3 is 5.97 Å². The molecule has 2 atom stereocenters. The Kier molecular flexibility index (Phi) is 6.23. The van der Waals surface area contributed by atoms with Gasteiger partial charge in [0.05, 0.1) is 6.07 Å². The molecular formula is C28H31NO2. The molecular weight excluding hydrogens is 382 g/mol. The van der Waals surface area contributed by atoms with Gasteiger partial charge in [0.1, 0.15) is 5.60 Å². The highest BCUT2D eigenvalue weighted by atomic mass is 16.6. The first-order valence-corrected chi connectivity index (χ1v) is 10.8. The molecule has 0 aliphatic heterocycles. The molecule has 0 heterocycles. The third kappa shape index (κ3) is 4.49. The summed E-state index contributed by atoms with van der Waals surface area (Å²) in [6.45, 7) is 11.5. The van der Waals surface area contributed by atoms with Crippen molar-refractivity contribution < 1.29 is 9.53 Å². The van der Waals surface area contributed by atoms with E-state index < -0.39 is 22.9 Å². The standard InChI is InChI=1S/C28H31NO2/c1-19(2)21-14-9-10-16-23(21)25(28(6,18-29)26(30)31-27(3,4)5)24-17-11-13-20-12-7-8-15-22(20)24/h7-17,19,25H,1-6H3/t25-,28+/m0/s1. The molecule has 3 aromatic carbocycles. The molecule has 3 heteroatoms. The van der Waals surface area contributed by atoms with Crippen LogP contribution in [-0.2, 0) is 9.53 Å². The van der Waals surface area contributed by atoms with E-state index in [-0.39, 0.29) is 5.92 Å². The maximum atomic E-state index is 13.5. The van der Waals surface area contributed by atoms with Crippen molar-refractivity contribution in [2.75, 3.05) is 0 Å². The van der Waals surface area contributed by atoms with Gasteiger partial charge in [-0.1, -0.05) is 80.6 Å². The largest absolute Gasteiger partial charge is 0.459 e. The van der Waals surface area contributed by atoms with Crippen LogP contribution in [-0.4, -0.2) is 11.6 Å². The Hall–Kier alpha value is -3.12. The number of nitrogens with zero attached hydrogens (tertiary/aromatic N) is 1. The Morgan fingerprint density at radius 1 is 0.839 bits per heavy atom. The normalized spacial score (nSPS) is 14.6. The number of rotatable bonds is 5. The summed E-state index contributed by atoms with van der Waals surface area (Å²) in [6.07, 6.45) is 0. The van der Waals surface area contributed by atoms with Crippen LogP contribution in [0, 0.1) is 16.7 Å². The minimum absolute atomic E-state index is 0.246. The number of carbonyl (C=O) groups excluding carboxylic acids is 1. The smallest absolute Gasteiger partial charge is 0.327 e. The highest BCUT2D eigenvalue weighted by Crippen LogP contribution is 2.46. The monoisotopic (exact) mass is 413 g/mol. The average molecular weight is 414 g/mol. The summed E-state index contributed by atoms with van der Waals surface area (Å²) in [5, 5.41) is 12.5. The minimum atomic E-state index is -1.40. The SMILES string of the molecule is CC(C)c1ccccc1[C@@H](c1cccc2ccccc12)[C@@](C)(C#N)C(=O)OC(C)(C)C. The molecule has 3 nitrogen and oxygen atoms in total. The van der Waals surface area contributed by atoms with Crippen molar-refractivity contribution in [3.8, 4) is 6.07 Å². The van der Waals surface area contributed by atoms with Crippen molar-refractivity contribution in [3.63, 3.8) is 0 Å². The topological polar surface area (TPSA) is 50.1 Å². The van der Waals surface area contributed by atoms with Gasteiger partial charge in [-0.3, -0.25) is 4.79 Å². The molecule has 0 saturated heterocycles. The summed E-state index contributed by atoms with van der Waals surface area (Å²) in [7, 11) is 0. The summed E-state index contributed by atoms with van der Waals surface area (Å²) in [5.41, 5.74) is 0.994. The van der Waals surface area contributed by atoms with Crippen LogP contribution in [0.25, 0.3) is 10.8 Å². The molecule has 0 aliphatic carbocycles. The van der Waals surface area contributed by atoms with E-state index in [1.807, 2.05) is 63.2 Å². The van der Waals surface area contributed by atoms with E-state index in [9.17, 15) is 10.1 Å². The van der Waals surface area contributed by atoms with Gasteiger partial charge in [0, 0.05) is 5.92 Å². The Labute approximate surface area is 185 Å². The lowest BCUT2D eigenvalue weighted by molar-refractivity contribution is -0.164. The molecule has 0 fully saturated rings. The Morgan fingerprint density at radius 3 is 2.00 bits per heavy atom. The van der Waals surface area contributed by atoms with Crippen molar-refractivity contribution in [2.45, 2.75) is 59.0 Å². The number of hydrogen-bond donors (Lipinski definition) is 0. The number of hydrogen-bond acceptors (Lipinski definition) is 3. The number of carbonyl (C=O) groups is 1. The van der Waals surface area contributed by atoms with Crippen molar-refractivity contribution in [3.05, 3.63) is 83.4 Å².